The van der Waals surface area contributed by atoms with Crippen LogP contribution in [0.5, 0.6) is 0 Å². The zero-order chi connectivity index (χ0) is 14.4. The largest absolute Gasteiger partial charge is 0.338 e. The zero-order valence-corrected chi connectivity index (χ0v) is 13.4. The summed E-state index contributed by atoms with van der Waals surface area (Å²) in [5, 5.41) is 0. The second-order valence-corrected chi connectivity index (χ2v) is 8.69. The lowest BCUT2D eigenvalue weighted by atomic mass is 9.57. The van der Waals surface area contributed by atoms with Crippen molar-refractivity contribution in [3.63, 3.8) is 0 Å². The predicted octanol–water partition coefficient (Wildman–Crippen LogP) is 3.77. The molecule has 2 bridgehead atoms. The Labute approximate surface area is 128 Å². The molecule has 2 unspecified atom stereocenters. The maximum atomic E-state index is 13.1. The van der Waals surface area contributed by atoms with Gasteiger partial charge in [0.2, 0.25) is 5.91 Å². The summed E-state index contributed by atoms with van der Waals surface area (Å²) in [7, 11) is 0. The Hall–Kier alpha value is -0.790. The van der Waals surface area contributed by atoms with Crippen LogP contribution in [0.2, 0.25) is 0 Å². The number of piperidine rings is 1. The van der Waals surface area contributed by atoms with Crippen LogP contribution in [0.15, 0.2) is 11.1 Å². The van der Waals surface area contributed by atoms with E-state index in [1.165, 1.54) is 38.5 Å². The molecule has 1 amide bonds. The van der Waals surface area contributed by atoms with Crippen molar-refractivity contribution >= 4 is 5.91 Å². The minimum absolute atomic E-state index is 0.197. The van der Waals surface area contributed by atoms with E-state index < -0.39 is 0 Å². The van der Waals surface area contributed by atoms with E-state index in [4.69, 9.17) is 0 Å². The summed E-state index contributed by atoms with van der Waals surface area (Å²) >= 11 is 0. The summed E-state index contributed by atoms with van der Waals surface area (Å²) in [6, 6.07) is 0.534. The van der Waals surface area contributed by atoms with Crippen molar-refractivity contribution in [2.75, 3.05) is 6.54 Å². The van der Waals surface area contributed by atoms with Gasteiger partial charge in [0.05, 0.1) is 0 Å². The van der Waals surface area contributed by atoms with Crippen LogP contribution in [0.4, 0.5) is 0 Å². The van der Waals surface area contributed by atoms with Gasteiger partial charge in [-0.1, -0.05) is 25.0 Å². The standard InChI is InChI=1S/C19H27NO/c1-11-10-20-17-9-13(11)8-16-14-5-3-4-12(14)6-7-15(18(20)21)19(16,17)2/h11-13,15,17H,3-10H2,1-2H3/t11-,12-,13?,15-,17?,19+/m1/s1. The number of fused-ring (bicyclic) bond motifs is 2. The van der Waals surface area contributed by atoms with Crippen molar-refractivity contribution in [3.8, 4) is 0 Å². The van der Waals surface area contributed by atoms with E-state index in [0.29, 0.717) is 23.8 Å². The normalized spacial score (nSPS) is 51.2. The minimum atomic E-state index is 0.197. The predicted molar refractivity (Wildman–Crippen MR) is 82.6 cm³/mol. The SMILES string of the molecule is C[C@@H]1CN2C(=O)[C@H]3CC[C@H]4CCCC4=C4CC1CC2[C@]43C. The lowest BCUT2D eigenvalue weighted by Crippen LogP contribution is -2.53. The molecule has 2 heteroatoms. The van der Waals surface area contributed by atoms with Crippen molar-refractivity contribution in [2.24, 2.45) is 29.1 Å². The monoisotopic (exact) mass is 285 g/mol. The van der Waals surface area contributed by atoms with E-state index in [-0.39, 0.29) is 5.41 Å². The number of nitrogens with zero attached hydrogens (tertiary/aromatic N) is 1. The van der Waals surface area contributed by atoms with E-state index in [1.54, 1.807) is 5.57 Å². The molecular weight excluding hydrogens is 258 g/mol. The first kappa shape index (κ1) is 12.7. The van der Waals surface area contributed by atoms with Crippen LogP contribution < -0.4 is 0 Å². The van der Waals surface area contributed by atoms with Gasteiger partial charge in [-0.25, -0.2) is 0 Å². The van der Waals surface area contributed by atoms with Crippen LogP contribution in [0.1, 0.15) is 58.8 Å². The van der Waals surface area contributed by atoms with E-state index in [0.717, 1.165) is 24.8 Å². The number of allylic oxidation sites excluding steroid dienone is 1. The number of hydrogen-bond donors (Lipinski definition) is 0. The molecule has 2 saturated carbocycles. The molecule has 5 rings (SSSR count). The first-order valence-electron chi connectivity index (χ1n) is 9.13. The van der Waals surface area contributed by atoms with Gasteiger partial charge in [-0.3, -0.25) is 4.79 Å². The van der Waals surface area contributed by atoms with Crippen molar-refractivity contribution in [1.29, 1.82) is 0 Å². The number of hydrogen-bond acceptors (Lipinski definition) is 1. The van der Waals surface area contributed by atoms with E-state index in [9.17, 15) is 4.79 Å². The van der Waals surface area contributed by atoms with Gasteiger partial charge in [0.1, 0.15) is 0 Å². The Morgan fingerprint density at radius 3 is 2.95 bits per heavy atom. The topological polar surface area (TPSA) is 20.3 Å². The highest BCUT2D eigenvalue weighted by molar-refractivity contribution is 5.84. The van der Waals surface area contributed by atoms with Gasteiger partial charge in [-0.2, -0.15) is 0 Å². The third-order valence-electron chi connectivity index (χ3n) is 7.99. The van der Waals surface area contributed by atoms with Crippen LogP contribution in [-0.4, -0.2) is 23.4 Å². The zero-order valence-electron chi connectivity index (χ0n) is 13.4. The minimum Gasteiger partial charge on any atom is -0.338 e. The second kappa shape index (κ2) is 3.94. The third-order valence-corrected chi connectivity index (χ3v) is 7.99. The van der Waals surface area contributed by atoms with Crippen LogP contribution in [-0.2, 0) is 4.79 Å². The van der Waals surface area contributed by atoms with Gasteiger partial charge in [0.25, 0.3) is 0 Å². The molecule has 0 radical (unpaired) electrons. The molecule has 0 aromatic carbocycles. The molecule has 3 aliphatic carbocycles. The molecule has 2 nitrogen and oxygen atoms in total. The van der Waals surface area contributed by atoms with Crippen LogP contribution in [0, 0.1) is 29.1 Å². The lowest BCUT2D eigenvalue weighted by molar-refractivity contribution is -0.134. The van der Waals surface area contributed by atoms with Crippen LogP contribution in [0.25, 0.3) is 0 Å². The second-order valence-electron chi connectivity index (χ2n) is 8.69. The van der Waals surface area contributed by atoms with Crippen LogP contribution in [0.3, 0.4) is 0 Å². The Morgan fingerprint density at radius 1 is 1.24 bits per heavy atom. The van der Waals surface area contributed by atoms with Gasteiger partial charge in [0, 0.05) is 23.9 Å². The molecule has 6 atom stereocenters. The number of rotatable bonds is 0. The molecule has 0 aromatic rings. The highest BCUT2D eigenvalue weighted by Gasteiger charge is 2.63. The molecule has 2 saturated heterocycles. The molecule has 2 heterocycles. The molecule has 0 spiro atoms. The van der Waals surface area contributed by atoms with Crippen molar-refractivity contribution in [1.82, 2.24) is 4.90 Å². The molecule has 21 heavy (non-hydrogen) atoms. The van der Waals surface area contributed by atoms with Crippen molar-refractivity contribution < 1.29 is 4.79 Å². The number of carbonyl (C=O) groups is 1. The highest BCUT2D eigenvalue weighted by atomic mass is 16.2. The Bertz CT molecular complexity index is 550. The lowest BCUT2D eigenvalue weighted by Gasteiger charge is -2.52. The summed E-state index contributed by atoms with van der Waals surface area (Å²) in [6.45, 7) is 5.88. The Balaban J connectivity index is 1.73. The first-order valence-corrected chi connectivity index (χ1v) is 9.13. The summed E-state index contributed by atoms with van der Waals surface area (Å²) in [4.78, 5) is 15.4. The number of carbonyl (C=O) groups excluding carboxylic acids is 1. The fraction of sp³-hybridized carbons (Fsp3) is 0.842. The van der Waals surface area contributed by atoms with E-state index in [2.05, 4.69) is 18.7 Å². The van der Waals surface area contributed by atoms with E-state index in [1.807, 2.05) is 5.57 Å². The quantitative estimate of drug-likeness (QED) is 0.620. The van der Waals surface area contributed by atoms with Crippen molar-refractivity contribution in [2.45, 2.75) is 64.8 Å². The summed E-state index contributed by atoms with van der Waals surface area (Å²) < 4.78 is 0. The maximum Gasteiger partial charge on any atom is 0.226 e. The molecule has 114 valence electrons. The summed E-state index contributed by atoms with van der Waals surface area (Å²) in [6.07, 6.45) is 9.16. The first-order chi connectivity index (χ1) is 10.1. The average Bonchev–Trinajstić information content (AvgIpc) is 2.96. The van der Waals surface area contributed by atoms with Gasteiger partial charge in [-0.05, 0) is 62.7 Å². The maximum absolute atomic E-state index is 13.1. The third kappa shape index (κ3) is 1.38. The molecule has 0 aromatic heterocycles. The molecule has 5 aliphatic rings. The fourth-order valence-corrected chi connectivity index (χ4v) is 6.81. The average molecular weight is 285 g/mol. The van der Waals surface area contributed by atoms with Crippen molar-refractivity contribution in [3.05, 3.63) is 11.1 Å². The van der Waals surface area contributed by atoms with Gasteiger partial charge >= 0.3 is 0 Å². The van der Waals surface area contributed by atoms with E-state index >= 15 is 0 Å². The Kier molecular flexibility index (Phi) is 2.39. The van der Waals surface area contributed by atoms with Crippen LogP contribution >= 0.6 is 0 Å². The van der Waals surface area contributed by atoms with Gasteiger partial charge in [-0.15, -0.1) is 0 Å². The summed E-state index contributed by atoms with van der Waals surface area (Å²) in [5.74, 6) is 3.18. The smallest absolute Gasteiger partial charge is 0.226 e. The fourth-order valence-electron chi connectivity index (χ4n) is 6.81. The molecule has 4 fully saturated rings. The Morgan fingerprint density at radius 2 is 2.10 bits per heavy atom. The van der Waals surface area contributed by atoms with Gasteiger partial charge in [0.15, 0.2) is 0 Å². The summed E-state index contributed by atoms with van der Waals surface area (Å²) in [5.41, 5.74) is 3.79. The molecule has 0 N–H and O–H groups in total. The molecule has 2 aliphatic heterocycles. The number of amides is 1. The highest BCUT2D eigenvalue weighted by Crippen LogP contribution is 2.63. The van der Waals surface area contributed by atoms with Gasteiger partial charge < -0.3 is 4.90 Å². The molecular formula is C19H27NO.